The number of aliphatic hydroxyl groups is 1. The van der Waals surface area contributed by atoms with Crippen LogP contribution in [0.1, 0.15) is 24.0 Å². The molecule has 3 rings (SSSR count). The minimum absolute atomic E-state index is 0.0558. The molecule has 0 bridgehead atoms. The number of benzene rings is 1. The normalized spacial score (nSPS) is 20.6. The summed E-state index contributed by atoms with van der Waals surface area (Å²) in [6, 6.07) is 3.89. The zero-order valence-corrected chi connectivity index (χ0v) is 14.3. The van der Waals surface area contributed by atoms with E-state index in [0.717, 1.165) is 18.1 Å². The topological polar surface area (TPSA) is 81.2 Å². The van der Waals surface area contributed by atoms with Crippen molar-refractivity contribution in [3.8, 4) is 0 Å². The Labute approximate surface area is 150 Å². The number of piperidine rings is 1. The van der Waals surface area contributed by atoms with Gasteiger partial charge in [-0.05, 0) is 37.4 Å². The number of nitrogens with one attached hydrogen (secondary N) is 2. The maximum Gasteiger partial charge on any atom is 0.256 e. The first-order valence-corrected chi connectivity index (χ1v) is 8.62. The number of nitrogens with zero attached hydrogens (tertiary/aromatic N) is 2. The van der Waals surface area contributed by atoms with Crippen LogP contribution in [-0.4, -0.2) is 51.3 Å². The van der Waals surface area contributed by atoms with E-state index in [4.69, 9.17) is 0 Å². The quantitative estimate of drug-likeness (QED) is 0.649. The minimum Gasteiger partial charge on any atom is -0.379 e. The molecule has 1 saturated heterocycles. The smallest absolute Gasteiger partial charge is 0.256 e. The Hall–Kier alpha value is -2.32. The molecule has 1 amide bonds. The lowest BCUT2D eigenvalue weighted by Gasteiger charge is -2.38. The van der Waals surface area contributed by atoms with Gasteiger partial charge in [0.05, 0.1) is 6.20 Å². The fraction of sp³-hybridized carbons (Fsp3) is 0.444. The van der Waals surface area contributed by atoms with Crippen molar-refractivity contribution in [1.82, 2.24) is 20.4 Å². The van der Waals surface area contributed by atoms with E-state index in [-0.39, 0.29) is 18.7 Å². The first-order valence-electron chi connectivity index (χ1n) is 8.62. The SMILES string of the molecule is O=C1N(Cc2cccc(F)c2F)CCCC1(O)CNCCc1cn[nH]c1. The number of likely N-dealkylation sites (tertiary alicyclic amines) is 1. The first-order chi connectivity index (χ1) is 12.5. The Balaban J connectivity index is 1.58. The number of amides is 1. The molecule has 1 aliphatic heterocycles. The lowest BCUT2D eigenvalue weighted by molar-refractivity contribution is -0.157. The van der Waals surface area contributed by atoms with Gasteiger partial charge in [0.25, 0.3) is 5.91 Å². The highest BCUT2D eigenvalue weighted by Gasteiger charge is 2.41. The Morgan fingerprint density at radius 2 is 2.23 bits per heavy atom. The van der Waals surface area contributed by atoms with Crippen LogP contribution >= 0.6 is 0 Å². The second-order valence-corrected chi connectivity index (χ2v) is 6.61. The van der Waals surface area contributed by atoms with Gasteiger partial charge in [-0.15, -0.1) is 0 Å². The molecule has 140 valence electrons. The van der Waals surface area contributed by atoms with Crippen molar-refractivity contribution in [2.75, 3.05) is 19.6 Å². The van der Waals surface area contributed by atoms with Crippen LogP contribution in [0.4, 0.5) is 8.78 Å². The van der Waals surface area contributed by atoms with Gasteiger partial charge < -0.3 is 15.3 Å². The van der Waals surface area contributed by atoms with Crippen molar-refractivity contribution in [3.05, 3.63) is 53.4 Å². The van der Waals surface area contributed by atoms with Crippen LogP contribution in [-0.2, 0) is 17.8 Å². The molecule has 0 aliphatic carbocycles. The van der Waals surface area contributed by atoms with E-state index in [9.17, 15) is 18.7 Å². The summed E-state index contributed by atoms with van der Waals surface area (Å²) in [4.78, 5) is 14.1. The first kappa shape index (κ1) is 18.5. The van der Waals surface area contributed by atoms with Crippen molar-refractivity contribution >= 4 is 5.91 Å². The van der Waals surface area contributed by atoms with E-state index in [2.05, 4.69) is 15.5 Å². The van der Waals surface area contributed by atoms with E-state index in [1.165, 1.54) is 17.0 Å². The highest BCUT2D eigenvalue weighted by Crippen LogP contribution is 2.24. The number of aromatic nitrogens is 2. The zero-order chi connectivity index (χ0) is 18.6. The third-order valence-electron chi connectivity index (χ3n) is 4.66. The summed E-state index contributed by atoms with van der Waals surface area (Å²) in [6.45, 7) is 1.06. The Morgan fingerprint density at radius 3 is 3.00 bits per heavy atom. The lowest BCUT2D eigenvalue weighted by atomic mass is 9.91. The number of carbonyl (C=O) groups is 1. The standard InChI is InChI=1S/C18H22F2N4O2/c19-15-4-1-3-14(16(15)20)11-24-8-2-6-18(26,17(24)25)12-21-7-5-13-9-22-23-10-13/h1,3-4,9-10,21,26H,2,5-8,11-12H2,(H,22,23). The van der Waals surface area contributed by atoms with Gasteiger partial charge in [-0.1, -0.05) is 12.1 Å². The number of hydrogen-bond acceptors (Lipinski definition) is 4. The van der Waals surface area contributed by atoms with Crippen molar-refractivity contribution in [3.63, 3.8) is 0 Å². The van der Waals surface area contributed by atoms with Crippen LogP contribution in [0, 0.1) is 11.6 Å². The van der Waals surface area contributed by atoms with Crippen LogP contribution in [0.3, 0.4) is 0 Å². The van der Waals surface area contributed by atoms with E-state index in [0.29, 0.717) is 25.9 Å². The summed E-state index contributed by atoms with van der Waals surface area (Å²) in [6.07, 6.45) is 5.17. The number of carbonyl (C=O) groups excluding carboxylic acids is 1. The third-order valence-corrected chi connectivity index (χ3v) is 4.66. The maximum absolute atomic E-state index is 13.9. The molecule has 1 fully saturated rings. The van der Waals surface area contributed by atoms with Crippen LogP contribution in [0.25, 0.3) is 0 Å². The van der Waals surface area contributed by atoms with Gasteiger partial charge in [-0.3, -0.25) is 9.89 Å². The van der Waals surface area contributed by atoms with E-state index in [1.54, 1.807) is 12.4 Å². The van der Waals surface area contributed by atoms with Gasteiger partial charge in [0, 0.05) is 31.4 Å². The van der Waals surface area contributed by atoms with Gasteiger partial charge in [0.1, 0.15) is 0 Å². The lowest BCUT2D eigenvalue weighted by Crippen LogP contribution is -2.57. The highest BCUT2D eigenvalue weighted by atomic mass is 19.2. The molecular formula is C18H22F2N4O2. The molecule has 0 radical (unpaired) electrons. The second-order valence-electron chi connectivity index (χ2n) is 6.61. The predicted octanol–water partition coefficient (Wildman–Crippen LogP) is 1.37. The van der Waals surface area contributed by atoms with Crippen LogP contribution in [0.15, 0.2) is 30.6 Å². The molecule has 26 heavy (non-hydrogen) atoms. The predicted molar refractivity (Wildman–Crippen MR) is 91.1 cm³/mol. The molecule has 6 nitrogen and oxygen atoms in total. The minimum atomic E-state index is -1.53. The number of rotatable bonds is 7. The fourth-order valence-corrected chi connectivity index (χ4v) is 3.20. The summed E-state index contributed by atoms with van der Waals surface area (Å²) < 4.78 is 27.2. The molecular weight excluding hydrogens is 342 g/mol. The maximum atomic E-state index is 13.9. The summed E-state index contributed by atoms with van der Waals surface area (Å²) in [5, 5.41) is 20.4. The van der Waals surface area contributed by atoms with Gasteiger partial charge in [-0.2, -0.15) is 5.10 Å². The number of halogens is 2. The molecule has 1 aliphatic rings. The summed E-state index contributed by atoms with van der Waals surface area (Å²) in [5.41, 5.74) is -0.392. The average Bonchev–Trinajstić information content (AvgIpc) is 3.13. The van der Waals surface area contributed by atoms with Crippen LogP contribution < -0.4 is 5.32 Å². The molecule has 8 heteroatoms. The van der Waals surface area contributed by atoms with E-state index in [1.807, 2.05) is 0 Å². The molecule has 2 aromatic rings. The summed E-state index contributed by atoms with van der Waals surface area (Å²) in [5.74, 6) is -2.35. The zero-order valence-electron chi connectivity index (χ0n) is 14.3. The fourth-order valence-electron chi connectivity index (χ4n) is 3.20. The molecule has 1 unspecified atom stereocenters. The van der Waals surface area contributed by atoms with Crippen molar-refractivity contribution in [2.24, 2.45) is 0 Å². The van der Waals surface area contributed by atoms with Crippen molar-refractivity contribution in [1.29, 1.82) is 0 Å². The highest BCUT2D eigenvalue weighted by molar-refractivity contribution is 5.86. The Kier molecular flexibility index (Phi) is 5.63. The summed E-state index contributed by atoms with van der Waals surface area (Å²) >= 11 is 0. The van der Waals surface area contributed by atoms with E-state index >= 15 is 0 Å². The Bertz CT molecular complexity index is 754. The van der Waals surface area contributed by atoms with Crippen molar-refractivity contribution < 1.29 is 18.7 Å². The van der Waals surface area contributed by atoms with Crippen LogP contribution in [0.5, 0.6) is 0 Å². The molecule has 3 N–H and O–H groups in total. The third kappa shape index (κ3) is 4.08. The molecule has 0 saturated carbocycles. The van der Waals surface area contributed by atoms with Gasteiger partial charge in [0.2, 0.25) is 0 Å². The van der Waals surface area contributed by atoms with Gasteiger partial charge in [0.15, 0.2) is 17.2 Å². The molecule has 1 atom stereocenters. The molecule has 1 aromatic heterocycles. The summed E-state index contributed by atoms with van der Waals surface area (Å²) in [7, 11) is 0. The van der Waals surface area contributed by atoms with Gasteiger partial charge >= 0.3 is 0 Å². The van der Waals surface area contributed by atoms with Crippen molar-refractivity contribution in [2.45, 2.75) is 31.4 Å². The Morgan fingerprint density at radius 1 is 1.38 bits per heavy atom. The number of H-pyrrole nitrogens is 1. The monoisotopic (exact) mass is 364 g/mol. The number of aromatic amines is 1. The van der Waals surface area contributed by atoms with E-state index < -0.39 is 23.1 Å². The molecule has 0 spiro atoms. The van der Waals surface area contributed by atoms with Crippen LogP contribution in [0.2, 0.25) is 0 Å². The number of hydrogen-bond donors (Lipinski definition) is 3. The van der Waals surface area contributed by atoms with Gasteiger partial charge in [-0.25, -0.2) is 8.78 Å². The second kappa shape index (κ2) is 7.92. The average molecular weight is 364 g/mol. The molecule has 2 heterocycles. The molecule has 1 aromatic carbocycles. The largest absolute Gasteiger partial charge is 0.379 e.